The van der Waals surface area contributed by atoms with E-state index < -0.39 is 42.4 Å². The van der Waals surface area contributed by atoms with Crippen molar-refractivity contribution in [2.24, 2.45) is 0 Å². The molecule has 12 nitrogen and oxygen atoms in total. The van der Waals surface area contributed by atoms with Gasteiger partial charge < -0.3 is 40.2 Å². The average Bonchev–Trinajstić information content (AvgIpc) is 2.93. The van der Waals surface area contributed by atoms with Crippen molar-refractivity contribution in [2.75, 3.05) is 17.6 Å². The lowest BCUT2D eigenvalue weighted by Crippen LogP contribution is -2.52. The number of hydrogen-bond donors (Lipinski definition) is 5. The maximum atomic E-state index is 12.6. The first-order valence-corrected chi connectivity index (χ1v) is 14.6. The Hall–Kier alpha value is -3.13. The third-order valence-electron chi connectivity index (χ3n) is 5.66. The van der Waals surface area contributed by atoms with Crippen LogP contribution in [0.5, 0.6) is 5.75 Å². The van der Waals surface area contributed by atoms with Gasteiger partial charge in [0.25, 0.3) is 0 Å². The van der Waals surface area contributed by atoms with Crippen LogP contribution in [-0.4, -0.2) is 76.0 Å². The molecule has 2 amide bonds. The second-order valence-corrected chi connectivity index (χ2v) is 9.92. The predicted molar refractivity (Wildman–Crippen MR) is 154 cm³/mol. The quantitative estimate of drug-likeness (QED) is 0.139. The summed E-state index contributed by atoms with van der Waals surface area (Å²) in [5.74, 6) is -1.45. The molecule has 1 aliphatic heterocycles. The number of esters is 1. The summed E-state index contributed by atoms with van der Waals surface area (Å²) in [4.78, 5) is 47.2. The van der Waals surface area contributed by atoms with Crippen LogP contribution in [0.1, 0.15) is 64.9 Å². The molecule has 1 fully saturated rings. The van der Waals surface area contributed by atoms with Crippen LogP contribution in [0.4, 0.5) is 5.69 Å². The number of hydrogen-bond acceptors (Lipinski definition) is 10. The normalized spacial score (nSPS) is 19.6. The summed E-state index contributed by atoms with van der Waals surface area (Å²) in [6.45, 7) is 8.92. The fourth-order valence-electron chi connectivity index (χ4n) is 3.62. The summed E-state index contributed by atoms with van der Waals surface area (Å²) < 4.78 is 15.9. The number of nitrogens with one attached hydrogen (secondary N) is 2. The van der Waals surface area contributed by atoms with E-state index in [0.29, 0.717) is 12.0 Å². The molecule has 1 saturated heterocycles. The molecule has 13 heteroatoms. The maximum absolute atomic E-state index is 12.6. The Morgan fingerprint density at radius 1 is 1.12 bits per heavy atom. The van der Waals surface area contributed by atoms with Gasteiger partial charge >= 0.3 is 11.9 Å². The molecule has 0 aromatic heterocycles. The van der Waals surface area contributed by atoms with Crippen LogP contribution in [-0.2, 0) is 35.3 Å². The Balaban J connectivity index is 0.00000411. The van der Waals surface area contributed by atoms with E-state index in [2.05, 4.69) is 17.2 Å². The minimum absolute atomic E-state index is 0.0240. The van der Waals surface area contributed by atoms with Crippen molar-refractivity contribution in [1.29, 1.82) is 0 Å². The van der Waals surface area contributed by atoms with E-state index >= 15 is 0 Å². The van der Waals surface area contributed by atoms with Crippen LogP contribution in [0.15, 0.2) is 30.2 Å². The predicted octanol–water partition coefficient (Wildman–Crippen LogP) is 2.96. The van der Waals surface area contributed by atoms with E-state index in [4.69, 9.17) is 14.2 Å². The molecule has 1 aromatic carbocycles. The third-order valence-corrected chi connectivity index (χ3v) is 6.42. The van der Waals surface area contributed by atoms with Gasteiger partial charge in [0.05, 0.1) is 11.8 Å². The number of carboxylic acids is 1. The second kappa shape index (κ2) is 19.9. The number of amides is 2. The van der Waals surface area contributed by atoms with Crippen molar-refractivity contribution in [1.82, 2.24) is 5.32 Å². The van der Waals surface area contributed by atoms with E-state index in [9.17, 15) is 34.5 Å². The molecule has 1 aromatic rings. The van der Waals surface area contributed by atoms with Gasteiger partial charge in [-0.2, -0.15) is 0 Å². The number of carbonyl (C=O) groups excluding carboxylic acids is 3. The highest BCUT2D eigenvalue weighted by atomic mass is 32.2. The molecule has 4 atom stereocenters. The Morgan fingerprint density at radius 3 is 2.51 bits per heavy atom. The molecule has 3 unspecified atom stereocenters. The minimum Gasteiger partial charge on any atom is -0.479 e. The molecule has 230 valence electrons. The highest BCUT2D eigenvalue weighted by molar-refractivity contribution is 8.02. The highest BCUT2D eigenvalue weighted by Crippen LogP contribution is 2.31. The Labute approximate surface area is 244 Å². The van der Waals surface area contributed by atoms with Gasteiger partial charge in [0.1, 0.15) is 18.5 Å². The van der Waals surface area contributed by atoms with Crippen molar-refractivity contribution < 1.29 is 48.7 Å². The van der Waals surface area contributed by atoms with E-state index in [-0.39, 0.29) is 43.3 Å². The van der Waals surface area contributed by atoms with E-state index in [0.717, 1.165) is 25.0 Å². The molecule has 0 radical (unpaired) electrons. The summed E-state index contributed by atoms with van der Waals surface area (Å²) in [6.07, 6.45) is -3.21. The number of aliphatic hydroxyl groups is 2. The number of ether oxygens (including phenoxy) is 3. The van der Waals surface area contributed by atoms with E-state index in [1.807, 2.05) is 13.8 Å². The maximum Gasteiger partial charge on any atom is 0.333 e. The zero-order valence-electron chi connectivity index (χ0n) is 23.8. The first-order chi connectivity index (χ1) is 19.6. The first kappa shape index (κ1) is 35.9. The van der Waals surface area contributed by atoms with Crippen molar-refractivity contribution >= 4 is 41.2 Å². The van der Waals surface area contributed by atoms with Crippen LogP contribution < -0.4 is 15.4 Å². The lowest BCUT2D eigenvalue weighted by molar-refractivity contribution is -0.238. The van der Waals surface area contributed by atoms with Gasteiger partial charge in [-0.25, -0.2) is 4.79 Å². The highest BCUT2D eigenvalue weighted by Gasteiger charge is 2.41. The number of rotatable bonds is 16. The first-order valence-electron chi connectivity index (χ1n) is 13.6. The number of carbonyl (C=O) groups is 4. The molecule has 0 bridgehead atoms. The Kier molecular flexibility index (Phi) is 17.4. The van der Waals surface area contributed by atoms with Gasteiger partial charge in [-0.05, 0) is 41.7 Å². The number of benzene rings is 1. The molecular formula is C28H42N2O10S. The van der Waals surface area contributed by atoms with Gasteiger partial charge in [-0.15, -0.1) is 11.8 Å². The number of aliphatic carboxylic acids is 1. The summed E-state index contributed by atoms with van der Waals surface area (Å²) in [6, 6.07) is 4.46. The van der Waals surface area contributed by atoms with Crippen molar-refractivity contribution in [2.45, 2.75) is 90.5 Å². The monoisotopic (exact) mass is 598 g/mol. The smallest absolute Gasteiger partial charge is 0.333 e. The van der Waals surface area contributed by atoms with Crippen LogP contribution in [0.3, 0.4) is 0 Å². The molecule has 0 spiro atoms. The Bertz CT molecular complexity index is 1010. The fraction of sp³-hybridized carbons (Fsp3) is 0.571. The molecule has 5 N–H and O–H groups in total. The zero-order valence-corrected chi connectivity index (χ0v) is 24.6. The number of thioether (sulfide) groups is 1. The summed E-state index contributed by atoms with van der Waals surface area (Å²) in [7, 11) is 0. The molecule has 2 rings (SSSR count). The zero-order chi connectivity index (χ0) is 30.8. The van der Waals surface area contributed by atoms with Gasteiger partial charge in [0.15, 0.2) is 6.10 Å². The summed E-state index contributed by atoms with van der Waals surface area (Å²) in [5.41, 5.74) is 0.650. The number of aliphatic hydroxyl groups excluding tert-OH is 2. The minimum atomic E-state index is -1.54. The number of unbranched alkanes of at least 4 members (excludes halogenated alkanes) is 2. The van der Waals surface area contributed by atoms with Gasteiger partial charge in [0.2, 0.25) is 18.1 Å². The van der Waals surface area contributed by atoms with Crippen LogP contribution in [0, 0.1) is 0 Å². The van der Waals surface area contributed by atoms with E-state index in [1.54, 1.807) is 23.2 Å². The van der Waals surface area contributed by atoms with Gasteiger partial charge in [-0.1, -0.05) is 32.9 Å². The van der Waals surface area contributed by atoms with Crippen LogP contribution >= 0.6 is 11.8 Å². The molecule has 0 saturated carbocycles. The molecule has 41 heavy (non-hydrogen) atoms. The van der Waals surface area contributed by atoms with Gasteiger partial charge in [0, 0.05) is 32.7 Å². The summed E-state index contributed by atoms with van der Waals surface area (Å²) >= 11 is 1.64. The molecule has 0 aliphatic carbocycles. The van der Waals surface area contributed by atoms with Crippen LogP contribution in [0.2, 0.25) is 0 Å². The van der Waals surface area contributed by atoms with Crippen molar-refractivity contribution in [3.05, 3.63) is 35.7 Å². The lowest BCUT2D eigenvalue weighted by atomic mass is 10.0. The molecule has 1 heterocycles. The summed E-state index contributed by atoms with van der Waals surface area (Å²) in [5, 5.41) is 36.7. The number of anilines is 1. The van der Waals surface area contributed by atoms with Gasteiger partial charge in [-0.3, -0.25) is 14.4 Å². The standard InChI is InChI=1S/C26H36N2O10S.C2H6/c1-3-39-12-6-4-5-7-22(31)27-11-10-23(32)28-18-13-17(15-36-16(2)29)8-9-20(18)37-26-24(33)19(30)14-21(38-26)25(34)35;1-2/h3,8-9,13,19,21,24,26,30,33H,1,4-7,10-12,14-15H2,2H3,(H,27,31)(H,28,32)(H,34,35);1-2H3/t19?,21?,24-,26?;/m1./s1. The fourth-order valence-corrected chi connectivity index (χ4v) is 4.16. The Morgan fingerprint density at radius 2 is 1.85 bits per heavy atom. The second-order valence-electron chi connectivity index (χ2n) is 8.85. The molecular weight excluding hydrogens is 556 g/mol. The number of carboxylic acid groups (broad SMARTS) is 1. The average molecular weight is 599 g/mol. The lowest BCUT2D eigenvalue weighted by Gasteiger charge is -2.35. The van der Waals surface area contributed by atoms with E-state index in [1.165, 1.54) is 19.1 Å². The SMILES string of the molecule is C=CSCCCCCC(=O)NCCC(=O)Nc1cc(COC(C)=O)ccc1OC1OC(C(=O)O)CC(O)[C@H]1O.CC. The van der Waals surface area contributed by atoms with Crippen molar-refractivity contribution in [3.63, 3.8) is 0 Å². The van der Waals surface area contributed by atoms with Crippen molar-refractivity contribution in [3.8, 4) is 5.75 Å². The topological polar surface area (TPSA) is 181 Å². The largest absolute Gasteiger partial charge is 0.479 e. The van der Waals surface area contributed by atoms with Crippen LogP contribution in [0.25, 0.3) is 0 Å². The molecule has 1 aliphatic rings. The third kappa shape index (κ3) is 13.9.